The standard InChI is InChI=1S/C17H25N3O2S/c1-21-17(15-7-2-3-8-18-15,13-20-9-11-22-12-10-20)16(23)19-14-5-4-6-14/h2-3,7-8,14H,4-6,9-13H2,1H3,(H,19,23). The van der Waals surface area contributed by atoms with Crippen molar-refractivity contribution in [2.24, 2.45) is 0 Å². The summed E-state index contributed by atoms with van der Waals surface area (Å²) < 4.78 is 11.5. The molecule has 1 aliphatic carbocycles. The number of morpholine rings is 1. The lowest BCUT2D eigenvalue weighted by Gasteiger charge is -2.41. The van der Waals surface area contributed by atoms with E-state index in [-0.39, 0.29) is 0 Å². The van der Waals surface area contributed by atoms with Gasteiger partial charge in [0.25, 0.3) is 0 Å². The molecular formula is C17H25N3O2S. The zero-order valence-electron chi connectivity index (χ0n) is 13.7. The highest BCUT2D eigenvalue weighted by atomic mass is 32.1. The van der Waals surface area contributed by atoms with Crippen LogP contribution in [0.15, 0.2) is 24.4 Å². The van der Waals surface area contributed by atoms with Crippen molar-refractivity contribution in [1.29, 1.82) is 0 Å². The van der Waals surface area contributed by atoms with Gasteiger partial charge in [-0.15, -0.1) is 0 Å². The predicted octanol–water partition coefficient (Wildman–Crippen LogP) is 1.72. The third-order valence-corrected chi connectivity index (χ3v) is 5.23. The highest BCUT2D eigenvalue weighted by Crippen LogP contribution is 2.29. The van der Waals surface area contributed by atoms with E-state index in [9.17, 15) is 0 Å². The van der Waals surface area contributed by atoms with Gasteiger partial charge in [-0.3, -0.25) is 9.88 Å². The molecule has 0 radical (unpaired) electrons. The highest BCUT2D eigenvalue weighted by molar-refractivity contribution is 7.80. The molecule has 0 amide bonds. The average molecular weight is 335 g/mol. The zero-order chi connectivity index (χ0) is 16.1. The van der Waals surface area contributed by atoms with Crippen LogP contribution in [-0.4, -0.2) is 60.9 Å². The molecule has 0 aromatic carbocycles. The number of hydrogen-bond donors (Lipinski definition) is 1. The molecule has 5 nitrogen and oxygen atoms in total. The Labute approximate surface area is 143 Å². The van der Waals surface area contributed by atoms with Gasteiger partial charge in [-0.05, 0) is 31.4 Å². The number of hydrogen-bond acceptors (Lipinski definition) is 5. The Bertz CT molecular complexity index is 518. The van der Waals surface area contributed by atoms with Crippen LogP contribution in [0.3, 0.4) is 0 Å². The summed E-state index contributed by atoms with van der Waals surface area (Å²) in [7, 11) is 1.73. The third kappa shape index (κ3) is 3.71. The Kier molecular flexibility index (Phi) is 5.58. The average Bonchev–Trinajstić information content (AvgIpc) is 2.57. The van der Waals surface area contributed by atoms with Gasteiger partial charge in [0.15, 0.2) is 5.60 Å². The SMILES string of the molecule is COC(CN1CCOCC1)(C(=S)NC1CCC1)c1ccccn1. The number of thiocarbonyl (C=S) groups is 1. The number of nitrogens with zero attached hydrogens (tertiary/aromatic N) is 2. The number of methoxy groups -OCH3 is 1. The lowest BCUT2D eigenvalue weighted by Crippen LogP contribution is -2.56. The molecule has 23 heavy (non-hydrogen) atoms. The minimum Gasteiger partial charge on any atom is -0.379 e. The van der Waals surface area contributed by atoms with Gasteiger partial charge in [-0.1, -0.05) is 18.3 Å². The van der Waals surface area contributed by atoms with Crippen molar-refractivity contribution in [3.8, 4) is 0 Å². The van der Waals surface area contributed by atoms with Crippen molar-refractivity contribution >= 4 is 17.2 Å². The molecule has 2 heterocycles. The van der Waals surface area contributed by atoms with E-state index in [1.807, 2.05) is 18.2 Å². The van der Waals surface area contributed by atoms with Crippen LogP contribution in [-0.2, 0) is 15.1 Å². The zero-order valence-corrected chi connectivity index (χ0v) is 14.5. The van der Waals surface area contributed by atoms with Gasteiger partial charge in [-0.2, -0.15) is 0 Å². The van der Waals surface area contributed by atoms with E-state index < -0.39 is 5.60 Å². The monoisotopic (exact) mass is 335 g/mol. The molecule has 0 spiro atoms. The summed E-state index contributed by atoms with van der Waals surface area (Å²) in [4.78, 5) is 7.64. The van der Waals surface area contributed by atoms with Crippen molar-refractivity contribution in [3.63, 3.8) is 0 Å². The molecule has 126 valence electrons. The number of rotatable bonds is 6. The Morgan fingerprint density at radius 2 is 2.22 bits per heavy atom. The molecular weight excluding hydrogens is 310 g/mol. The maximum Gasteiger partial charge on any atom is 0.172 e. The normalized spacial score (nSPS) is 22.1. The van der Waals surface area contributed by atoms with Crippen LogP contribution in [0, 0.1) is 0 Å². The van der Waals surface area contributed by atoms with Crippen molar-refractivity contribution in [2.75, 3.05) is 40.0 Å². The predicted molar refractivity (Wildman–Crippen MR) is 93.6 cm³/mol. The Balaban J connectivity index is 1.84. The molecule has 6 heteroatoms. The Morgan fingerprint density at radius 3 is 2.78 bits per heavy atom. The molecule has 3 rings (SSSR count). The summed E-state index contributed by atoms with van der Waals surface area (Å²) in [6.07, 6.45) is 5.43. The molecule has 1 saturated carbocycles. The van der Waals surface area contributed by atoms with Crippen molar-refractivity contribution in [2.45, 2.75) is 30.9 Å². The van der Waals surface area contributed by atoms with Crippen LogP contribution in [0.2, 0.25) is 0 Å². The second kappa shape index (κ2) is 7.66. The minimum atomic E-state index is -0.705. The highest BCUT2D eigenvalue weighted by Gasteiger charge is 2.41. The lowest BCUT2D eigenvalue weighted by atomic mass is 9.90. The van der Waals surface area contributed by atoms with E-state index in [2.05, 4.69) is 15.2 Å². The van der Waals surface area contributed by atoms with E-state index in [0.29, 0.717) is 12.6 Å². The first-order valence-electron chi connectivity index (χ1n) is 8.32. The maximum atomic E-state index is 6.01. The second-order valence-electron chi connectivity index (χ2n) is 6.24. The van der Waals surface area contributed by atoms with E-state index in [4.69, 9.17) is 21.7 Å². The molecule has 1 aromatic rings. The third-order valence-electron chi connectivity index (χ3n) is 4.78. The van der Waals surface area contributed by atoms with Crippen molar-refractivity contribution in [3.05, 3.63) is 30.1 Å². The Morgan fingerprint density at radius 1 is 1.43 bits per heavy atom. The minimum absolute atomic E-state index is 0.477. The largest absolute Gasteiger partial charge is 0.379 e. The van der Waals surface area contributed by atoms with E-state index >= 15 is 0 Å². The molecule has 1 saturated heterocycles. The number of pyridine rings is 1. The van der Waals surface area contributed by atoms with Crippen molar-refractivity contribution < 1.29 is 9.47 Å². The quantitative estimate of drug-likeness (QED) is 0.799. The molecule has 1 unspecified atom stereocenters. The van der Waals surface area contributed by atoms with Crippen LogP contribution < -0.4 is 5.32 Å². The van der Waals surface area contributed by atoms with Crippen LogP contribution in [0.5, 0.6) is 0 Å². The molecule has 1 N–H and O–H groups in total. The first-order valence-corrected chi connectivity index (χ1v) is 8.73. The molecule has 1 aromatic heterocycles. The lowest BCUT2D eigenvalue weighted by molar-refractivity contribution is -0.0259. The number of ether oxygens (including phenoxy) is 2. The first kappa shape index (κ1) is 16.8. The molecule has 2 aliphatic rings. The smallest absolute Gasteiger partial charge is 0.172 e. The molecule has 1 atom stereocenters. The first-order chi connectivity index (χ1) is 11.2. The van der Waals surface area contributed by atoms with Gasteiger partial charge < -0.3 is 14.8 Å². The van der Waals surface area contributed by atoms with Gasteiger partial charge in [0.1, 0.15) is 4.99 Å². The van der Waals surface area contributed by atoms with Crippen LogP contribution >= 0.6 is 12.2 Å². The maximum absolute atomic E-state index is 6.01. The van der Waals surface area contributed by atoms with E-state index in [1.54, 1.807) is 13.3 Å². The van der Waals surface area contributed by atoms with Gasteiger partial charge in [0.05, 0.1) is 18.9 Å². The summed E-state index contributed by atoms with van der Waals surface area (Å²) in [6.45, 7) is 3.99. The molecule has 0 bridgehead atoms. The number of aromatic nitrogens is 1. The van der Waals surface area contributed by atoms with E-state index in [1.165, 1.54) is 19.3 Å². The topological polar surface area (TPSA) is 46.6 Å². The summed E-state index contributed by atoms with van der Waals surface area (Å²) in [6, 6.07) is 6.38. The summed E-state index contributed by atoms with van der Waals surface area (Å²) in [5.74, 6) is 0. The van der Waals surface area contributed by atoms with Crippen LogP contribution in [0.25, 0.3) is 0 Å². The van der Waals surface area contributed by atoms with Gasteiger partial charge >= 0.3 is 0 Å². The fraction of sp³-hybridized carbons (Fsp3) is 0.647. The summed E-state index contributed by atoms with van der Waals surface area (Å²) in [5.41, 5.74) is 0.162. The summed E-state index contributed by atoms with van der Waals surface area (Å²) >= 11 is 5.78. The molecule has 1 aliphatic heterocycles. The molecule has 2 fully saturated rings. The summed E-state index contributed by atoms with van der Waals surface area (Å²) in [5, 5.41) is 3.50. The Hall–Kier alpha value is -1.08. The van der Waals surface area contributed by atoms with Gasteiger partial charge in [-0.25, -0.2) is 0 Å². The van der Waals surface area contributed by atoms with Crippen LogP contribution in [0.4, 0.5) is 0 Å². The second-order valence-corrected chi connectivity index (χ2v) is 6.64. The number of nitrogens with one attached hydrogen (secondary N) is 1. The fourth-order valence-corrected chi connectivity index (χ4v) is 3.48. The fourth-order valence-electron chi connectivity index (χ4n) is 3.06. The van der Waals surface area contributed by atoms with Gasteiger partial charge in [0, 0.05) is 39.0 Å². The van der Waals surface area contributed by atoms with Crippen LogP contribution in [0.1, 0.15) is 25.0 Å². The van der Waals surface area contributed by atoms with Crippen molar-refractivity contribution in [1.82, 2.24) is 15.2 Å². The van der Waals surface area contributed by atoms with Gasteiger partial charge in [0.2, 0.25) is 0 Å². The van der Waals surface area contributed by atoms with E-state index in [0.717, 1.165) is 37.0 Å².